The van der Waals surface area contributed by atoms with E-state index >= 15 is 0 Å². The van der Waals surface area contributed by atoms with Crippen molar-refractivity contribution < 1.29 is 24.5 Å². The van der Waals surface area contributed by atoms with E-state index in [1.807, 2.05) is 30.3 Å². The van der Waals surface area contributed by atoms with Crippen molar-refractivity contribution in [2.45, 2.75) is 31.4 Å². The van der Waals surface area contributed by atoms with Crippen molar-refractivity contribution in [2.75, 3.05) is 0 Å². The monoisotopic (exact) mass is 585 g/mol. The Balaban J connectivity index is 0.00000231. The van der Waals surface area contributed by atoms with Gasteiger partial charge in [0.2, 0.25) is 0 Å². The first-order valence-electron chi connectivity index (χ1n) is 10.3. The maximum absolute atomic E-state index is 13.6. The number of halogens is 1. The van der Waals surface area contributed by atoms with Crippen molar-refractivity contribution in [1.82, 2.24) is 4.98 Å². The Hall–Kier alpha value is -2.61. The fourth-order valence-corrected chi connectivity index (χ4v) is 5.09. The van der Waals surface area contributed by atoms with Crippen molar-refractivity contribution in [3.63, 3.8) is 0 Å². The Morgan fingerprint density at radius 3 is 1.87 bits per heavy atom. The standard InChI is InChI=1S/C28H23FN.Ir/c1-27(2)22-14-6-8-16-24(22)28(20-11-4-3-5-12-20,25-17-9-7-15-23(25)27)26-18-10-13-21(19-29)30-26;/h3-11,13-18H,19H2,1-2H3;/q-1;. The molecule has 1 aromatic heterocycles. The maximum atomic E-state index is 13.6. The normalized spacial score (nSPS) is 15.3. The van der Waals surface area contributed by atoms with E-state index < -0.39 is 12.1 Å². The van der Waals surface area contributed by atoms with Crippen molar-refractivity contribution in [3.8, 4) is 0 Å². The Kier molecular flexibility index (Phi) is 5.68. The van der Waals surface area contributed by atoms with Gasteiger partial charge in [0.05, 0.1) is 16.8 Å². The summed E-state index contributed by atoms with van der Waals surface area (Å²) in [5.74, 6) is 0. The van der Waals surface area contributed by atoms with Crippen molar-refractivity contribution >= 4 is 0 Å². The molecule has 0 saturated heterocycles. The molecule has 4 aromatic rings. The van der Waals surface area contributed by atoms with Crippen LogP contribution in [-0.4, -0.2) is 4.98 Å². The van der Waals surface area contributed by atoms with Crippen LogP contribution in [0, 0.1) is 6.07 Å². The summed E-state index contributed by atoms with van der Waals surface area (Å²) in [6, 6.07) is 34.4. The first kappa shape index (κ1) is 21.6. The maximum Gasteiger partial charge on any atom is 0.131 e. The smallest absolute Gasteiger partial charge is 0.131 e. The van der Waals surface area contributed by atoms with Crippen LogP contribution in [0.5, 0.6) is 0 Å². The molecule has 0 atom stereocenters. The fraction of sp³-hybridized carbons (Fsp3) is 0.179. The molecule has 1 aliphatic carbocycles. The number of benzene rings is 3. The van der Waals surface area contributed by atoms with Gasteiger partial charge >= 0.3 is 0 Å². The van der Waals surface area contributed by atoms with Gasteiger partial charge in [-0.2, -0.15) is 30.3 Å². The van der Waals surface area contributed by atoms with Crippen LogP contribution >= 0.6 is 0 Å². The van der Waals surface area contributed by atoms with E-state index in [-0.39, 0.29) is 25.5 Å². The molecule has 3 aromatic carbocycles. The molecule has 5 rings (SSSR count). The summed E-state index contributed by atoms with van der Waals surface area (Å²) in [5, 5.41) is 0. The van der Waals surface area contributed by atoms with Gasteiger partial charge in [-0.1, -0.05) is 68.4 Å². The number of alkyl halides is 1. The molecule has 1 radical (unpaired) electrons. The van der Waals surface area contributed by atoms with E-state index in [0.717, 1.165) is 11.3 Å². The van der Waals surface area contributed by atoms with E-state index in [2.05, 4.69) is 74.5 Å². The van der Waals surface area contributed by atoms with E-state index in [9.17, 15) is 4.39 Å². The van der Waals surface area contributed by atoms with Gasteiger partial charge in [-0.3, -0.25) is 4.98 Å². The molecule has 0 bridgehead atoms. The number of nitrogens with zero attached hydrogens (tertiary/aromatic N) is 1. The number of aromatic nitrogens is 1. The van der Waals surface area contributed by atoms with E-state index in [4.69, 9.17) is 4.98 Å². The van der Waals surface area contributed by atoms with E-state index in [1.54, 1.807) is 6.07 Å². The van der Waals surface area contributed by atoms with Crippen molar-refractivity contribution in [3.05, 3.63) is 136 Å². The molecule has 0 fully saturated rings. The molecule has 1 nitrogen and oxygen atoms in total. The minimum Gasteiger partial charge on any atom is -0.253 e. The first-order valence-corrected chi connectivity index (χ1v) is 10.3. The third kappa shape index (κ3) is 3.11. The molecular formula is C28H23FIrN-. The third-order valence-electron chi connectivity index (χ3n) is 6.45. The molecule has 1 aliphatic rings. The zero-order valence-electron chi connectivity index (χ0n) is 17.5. The minimum absolute atomic E-state index is 0. The minimum atomic E-state index is -0.658. The Bertz CT molecular complexity index is 1170. The molecule has 0 unspecified atom stereocenters. The van der Waals surface area contributed by atoms with Gasteiger partial charge in [-0.05, 0) is 34.4 Å². The number of hydrogen-bond donors (Lipinski definition) is 0. The summed E-state index contributed by atoms with van der Waals surface area (Å²) >= 11 is 0. The molecule has 0 saturated carbocycles. The van der Waals surface area contributed by atoms with Crippen molar-refractivity contribution in [2.24, 2.45) is 0 Å². The van der Waals surface area contributed by atoms with Gasteiger partial charge in [-0.15, -0.1) is 5.56 Å². The molecule has 0 N–H and O–H groups in total. The average Bonchev–Trinajstić information content (AvgIpc) is 2.81. The molecule has 0 aliphatic heterocycles. The SMILES string of the molecule is CC1(C)c2ccccc2C(c2[c-]cccc2)(c2cccc(CF)n2)c2ccccc21.[Ir]. The van der Waals surface area contributed by atoms with Crippen LogP contribution in [0.4, 0.5) is 4.39 Å². The first-order chi connectivity index (χ1) is 14.6. The van der Waals surface area contributed by atoms with Gasteiger partial charge in [0.1, 0.15) is 6.67 Å². The summed E-state index contributed by atoms with van der Waals surface area (Å²) in [6.45, 7) is 3.96. The third-order valence-corrected chi connectivity index (χ3v) is 6.45. The van der Waals surface area contributed by atoms with Gasteiger partial charge in [0.15, 0.2) is 0 Å². The second-order valence-corrected chi connectivity index (χ2v) is 8.39. The van der Waals surface area contributed by atoms with E-state index in [0.29, 0.717) is 5.69 Å². The predicted octanol–water partition coefficient (Wildman–Crippen LogP) is 6.37. The summed E-state index contributed by atoms with van der Waals surface area (Å²) in [6.07, 6.45) is 0. The van der Waals surface area contributed by atoms with Crippen molar-refractivity contribution in [1.29, 1.82) is 0 Å². The molecule has 31 heavy (non-hydrogen) atoms. The molecular weight excluding hydrogens is 562 g/mol. The van der Waals surface area contributed by atoms with Crippen LogP contribution in [0.15, 0.2) is 91.0 Å². The second-order valence-electron chi connectivity index (χ2n) is 8.39. The second kappa shape index (κ2) is 8.15. The summed E-state index contributed by atoms with van der Waals surface area (Å²) in [4.78, 5) is 4.81. The molecule has 0 spiro atoms. The number of hydrogen-bond acceptors (Lipinski definition) is 1. The zero-order chi connectivity index (χ0) is 20.8. The largest absolute Gasteiger partial charge is 0.253 e. The van der Waals surface area contributed by atoms with Crippen LogP contribution in [0.3, 0.4) is 0 Å². The Morgan fingerprint density at radius 2 is 1.32 bits per heavy atom. The Labute approximate surface area is 196 Å². The summed E-state index contributed by atoms with van der Waals surface area (Å²) in [5.41, 5.74) is 6.35. The van der Waals surface area contributed by atoms with Crippen LogP contribution in [0.25, 0.3) is 0 Å². The summed E-state index contributed by atoms with van der Waals surface area (Å²) in [7, 11) is 0. The topological polar surface area (TPSA) is 12.9 Å². The molecule has 1 heterocycles. The quantitative estimate of drug-likeness (QED) is 0.255. The number of rotatable bonds is 3. The van der Waals surface area contributed by atoms with Crippen LogP contribution in [-0.2, 0) is 37.6 Å². The predicted molar refractivity (Wildman–Crippen MR) is 118 cm³/mol. The van der Waals surface area contributed by atoms with Crippen LogP contribution < -0.4 is 0 Å². The van der Waals surface area contributed by atoms with Crippen LogP contribution in [0.2, 0.25) is 0 Å². The van der Waals surface area contributed by atoms with Gasteiger partial charge in [0.25, 0.3) is 0 Å². The fourth-order valence-electron chi connectivity index (χ4n) is 5.09. The van der Waals surface area contributed by atoms with Gasteiger partial charge < -0.3 is 0 Å². The molecule has 157 valence electrons. The molecule has 0 amide bonds. The van der Waals surface area contributed by atoms with Gasteiger partial charge in [-0.25, -0.2) is 4.39 Å². The zero-order valence-corrected chi connectivity index (χ0v) is 19.9. The number of fused-ring (bicyclic) bond motifs is 2. The van der Waals surface area contributed by atoms with E-state index in [1.165, 1.54) is 22.3 Å². The number of pyridine rings is 1. The summed E-state index contributed by atoms with van der Waals surface area (Å²) < 4.78 is 13.6. The van der Waals surface area contributed by atoms with Crippen LogP contribution in [0.1, 0.15) is 53.1 Å². The van der Waals surface area contributed by atoms with Gasteiger partial charge in [0, 0.05) is 25.5 Å². The molecule has 3 heteroatoms. The average molecular weight is 585 g/mol. The Morgan fingerprint density at radius 1 is 0.742 bits per heavy atom.